The molecule has 7 nitrogen and oxygen atoms in total. The Balaban J connectivity index is 2.09. The van der Waals surface area contributed by atoms with Gasteiger partial charge in [0, 0.05) is 18.8 Å². The Hall–Kier alpha value is -2.09. The van der Waals surface area contributed by atoms with Crippen molar-refractivity contribution >= 4 is 33.2 Å². The van der Waals surface area contributed by atoms with Gasteiger partial charge in [-0.3, -0.25) is 13.9 Å². The van der Waals surface area contributed by atoms with Crippen LogP contribution in [0.5, 0.6) is 0 Å². The second-order valence-corrected chi connectivity index (χ2v) is 7.01. The minimum absolute atomic E-state index is 0.128. The van der Waals surface area contributed by atoms with Crippen LogP contribution in [0.3, 0.4) is 0 Å². The van der Waals surface area contributed by atoms with Gasteiger partial charge in [-0.15, -0.1) is 0 Å². The van der Waals surface area contributed by atoms with Crippen LogP contribution in [0, 0.1) is 0 Å². The van der Waals surface area contributed by atoms with Gasteiger partial charge in [0.1, 0.15) is 0 Å². The molecule has 1 aromatic carbocycles. The molecule has 0 unspecified atom stereocenters. The first-order valence-corrected chi connectivity index (χ1v) is 8.74. The predicted molar refractivity (Wildman–Crippen MR) is 84.1 cm³/mol. The molecule has 0 saturated carbocycles. The van der Waals surface area contributed by atoms with Crippen LogP contribution in [-0.2, 0) is 19.6 Å². The fourth-order valence-corrected chi connectivity index (χ4v) is 3.73. The number of sulfonamides is 1. The van der Waals surface area contributed by atoms with Gasteiger partial charge < -0.3 is 10.6 Å². The highest BCUT2D eigenvalue weighted by Crippen LogP contribution is 2.26. The van der Waals surface area contributed by atoms with Crippen molar-refractivity contribution in [3.05, 3.63) is 24.3 Å². The topological polar surface area (TPSA) is 95.6 Å². The van der Waals surface area contributed by atoms with Gasteiger partial charge in [-0.05, 0) is 31.0 Å². The van der Waals surface area contributed by atoms with Gasteiger partial charge in [0.25, 0.3) is 0 Å². The van der Waals surface area contributed by atoms with Crippen molar-refractivity contribution in [3.63, 3.8) is 0 Å². The molecule has 8 heteroatoms. The zero-order valence-corrected chi connectivity index (χ0v) is 13.1. The molecule has 0 spiro atoms. The van der Waals surface area contributed by atoms with Gasteiger partial charge >= 0.3 is 11.8 Å². The lowest BCUT2D eigenvalue weighted by Crippen LogP contribution is -2.35. The molecule has 0 atom stereocenters. The fraction of sp³-hybridized carbons (Fsp3) is 0.429. The van der Waals surface area contributed by atoms with E-state index in [9.17, 15) is 18.0 Å². The lowest BCUT2D eigenvalue weighted by atomic mass is 10.2. The quantitative estimate of drug-likeness (QED) is 0.796. The van der Waals surface area contributed by atoms with Crippen LogP contribution in [0.15, 0.2) is 24.3 Å². The summed E-state index contributed by atoms with van der Waals surface area (Å²) in [7, 11) is -3.27. The number of carbonyl (C=O) groups excluding carboxylic acids is 2. The Morgan fingerprint density at radius 3 is 2.68 bits per heavy atom. The summed E-state index contributed by atoms with van der Waals surface area (Å²) in [6.07, 6.45) is 1.32. The summed E-state index contributed by atoms with van der Waals surface area (Å²) in [5.41, 5.74) is 0.875. The molecule has 1 aliphatic rings. The maximum atomic E-state index is 11.9. The van der Waals surface area contributed by atoms with Crippen LogP contribution >= 0.6 is 0 Å². The lowest BCUT2D eigenvalue weighted by Gasteiger charge is -2.17. The van der Waals surface area contributed by atoms with E-state index < -0.39 is 21.8 Å². The number of hydrogen-bond donors (Lipinski definition) is 2. The summed E-state index contributed by atoms with van der Waals surface area (Å²) >= 11 is 0. The number of rotatable bonds is 4. The minimum Gasteiger partial charge on any atom is -0.348 e. The van der Waals surface area contributed by atoms with Gasteiger partial charge in [0.2, 0.25) is 10.0 Å². The van der Waals surface area contributed by atoms with E-state index in [1.54, 1.807) is 24.3 Å². The van der Waals surface area contributed by atoms with Gasteiger partial charge in [-0.25, -0.2) is 8.42 Å². The average Bonchev–Trinajstić information content (AvgIpc) is 2.84. The molecule has 2 N–H and O–H groups in total. The third kappa shape index (κ3) is 3.76. The summed E-state index contributed by atoms with van der Waals surface area (Å²) in [4.78, 5) is 23.2. The number of nitrogens with zero attached hydrogens (tertiary/aromatic N) is 1. The summed E-state index contributed by atoms with van der Waals surface area (Å²) in [5, 5.41) is 4.95. The highest BCUT2D eigenvalue weighted by Gasteiger charge is 2.28. The molecular weight excluding hydrogens is 306 g/mol. The number of amides is 2. The summed E-state index contributed by atoms with van der Waals surface area (Å²) in [6.45, 7) is 2.74. The van der Waals surface area contributed by atoms with Gasteiger partial charge in [-0.2, -0.15) is 0 Å². The third-order valence-corrected chi connectivity index (χ3v) is 5.10. The van der Waals surface area contributed by atoms with Crippen molar-refractivity contribution in [1.82, 2.24) is 5.32 Å². The van der Waals surface area contributed by atoms with Crippen molar-refractivity contribution in [2.24, 2.45) is 0 Å². The summed E-state index contributed by atoms with van der Waals surface area (Å²) in [5.74, 6) is -1.35. The molecule has 2 rings (SSSR count). The standard InChI is InChI=1S/C14H19N3O4S/c1-2-7-15-13(18)14(19)16-11-5-3-6-12(10-11)17-8-4-9-22(17,20)21/h3,5-6,10H,2,4,7-9H2,1H3,(H,15,18)(H,16,19). The molecule has 0 radical (unpaired) electrons. The van der Waals surface area contributed by atoms with Crippen LogP contribution in [0.4, 0.5) is 11.4 Å². The Labute approximate surface area is 129 Å². The van der Waals surface area contributed by atoms with E-state index in [-0.39, 0.29) is 5.75 Å². The summed E-state index contributed by atoms with van der Waals surface area (Å²) in [6, 6.07) is 6.46. The van der Waals surface area contributed by atoms with E-state index in [4.69, 9.17) is 0 Å². The molecule has 1 saturated heterocycles. The maximum Gasteiger partial charge on any atom is 0.313 e. The Morgan fingerprint density at radius 1 is 1.27 bits per heavy atom. The minimum atomic E-state index is -3.27. The molecule has 0 aliphatic carbocycles. The number of benzene rings is 1. The molecule has 0 bridgehead atoms. The first kappa shape index (κ1) is 16.3. The van der Waals surface area contributed by atoms with Crippen LogP contribution in [0.2, 0.25) is 0 Å². The normalized spacial score (nSPS) is 16.3. The number of hydrogen-bond acceptors (Lipinski definition) is 4. The van der Waals surface area contributed by atoms with Crippen LogP contribution in [0.1, 0.15) is 19.8 Å². The second kappa shape index (κ2) is 6.78. The molecule has 120 valence electrons. The first-order chi connectivity index (χ1) is 10.4. The largest absolute Gasteiger partial charge is 0.348 e. The Morgan fingerprint density at radius 2 is 2.05 bits per heavy atom. The van der Waals surface area contributed by atoms with Crippen molar-refractivity contribution in [1.29, 1.82) is 0 Å². The van der Waals surface area contributed by atoms with Gasteiger partial charge in [0.05, 0.1) is 11.4 Å². The van der Waals surface area contributed by atoms with Crippen molar-refractivity contribution < 1.29 is 18.0 Å². The van der Waals surface area contributed by atoms with E-state index in [1.165, 1.54) is 4.31 Å². The van der Waals surface area contributed by atoms with Gasteiger partial charge in [0.15, 0.2) is 0 Å². The van der Waals surface area contributed by atoms with Crippen molar-refractivity contribution in [3.8, 4) is 0 Å². The monoisotopic (exact) mass is 325 g/mol. The second-order valence-electron chi connectivity index (χ2n) is 5.00. The third-order valence-electron chi connectivity index (χ3n) is 3.23. The summed E-state index contributed by atoms with van der Waals surface area (Å²) < 4.78 is 25.1. The molecule has 22 heavy (non-hydrogen) atoms. The average molecular weight is 325 g/mol. The predicted octanol–water partition coefficient (Wildman–Crippen LogP) is 0.691. The maximum absolute atomic E-state index is 11.9. The number of carbonyl (C=O) groups is 2. The van der Waals surface area contributed by atoms with Crippen molar-refractivity contribution in [2.75, 3.05) is 28.5 Å². The van der Waals surface area contributed by atoms with Gasteiger partial charge in [-0.1, -0.05) is 13.0 Å². The molecule has 0 aromatic heterocycles. The van der Waals surface area contributed by atoms with Crippen LogP contribution in [0.25, 0.3) is 0 Å². The highest BCUT2D eigenvalue weighted by molar-refractivity contribution is 7.93. The zero-order chi connectivity index (χ0) is 16.2. The molecular formula is C14H19N3O4S. The van der Waals surface area contributed by atoms with E-state index in [2.05, 4.69) is 10.6 Å². The molecule has 2 amide bonds. The van der Waals surface area contributed by atoms with E-state index >= 15 is 0 Å². The van der Waals surface area contributed by atoms with Crippen LogP contribution in [-0.4, -0.2) is 39.1 Å². The molecule has 1 aromatic rings. The SMILES string of the molecule is CCCNC(=O)C(=O)Nc1cccc(N2CCCS2(=O)=O)c1. The van der Waals surface area contributed by atoms with E-state index in [0.29, 0.717) is 30.9 Å². The molecule has 1 fully saturated rings. The molecule has 1 aliphatic heterocycles. The lowest BCUT2D eigenvalue weighted by molar-refractivity contribution is -0.136. The molecule has 1 heterocycles. The number of nitrogens with one attached hydrogen (secondary N) is 2. The fourth-order valence-electron chi connectivity index (χ4n) is 2.18. The zero-order valence-electron chi connectivity index (χ0n) is 12.3. The highest BCUT2D eigenvalue weighted by atomic mass is 32.2. The number of anilines is 2. The Bertz CT molecular complexity index is 672. The van der Waals surface area contributed by atoms with E-state index in [0.717, 1.165) is 6.42 Å². The van der Waals surface area contributed by atoms with Crippen LogP contribution < -0.4 is 14.9 Å². The van der Waals surface area contributed by atoms with Crippen molar-refractivity contribution in [2.45, 2.75) is 19.8 Å². The van der Waals surface area contributed by atoms with E-state index in [1.807, 2.05) is 6.92 Å². The Kier molecular flexibility index (Phi) is 5.02. The first-order valence-electron chi connectivity index (χ1n) is 7.13. The smallest absolute Gasteiger partial charge is 0.313 e.